The average molecular weight is 399 g/mol. The Hall–Kier alpha value is -2.25. The van der Waals surface area contributed by atoms with Gasteiger partial charge >= 0.3 is 0 Å². The topological polar surface area (TPSA) is 68.1 Å². The van der Waals surface area contributed by atoms with E-state index in [1.165, 1.54) is 0 Å². The molecule has 6 nitrogen and oxygen atoms in total. The highest BCUT2D eigenvalue weighted by Crippen LogP contribution is 2.28. The van der Waals surface area contributed by atoms with Crippen LogP contribution >= 0.6 is 0 Å². The first kappa shape index (κ1) is 19.1. The van der Waals surface area contributed by atoms with Crippen LogP contribution in [0.3, 0.4) is 0 Å². The zero-order valence-electron chi connectivity index (χ0n) is 16.5. The molecule has 1 aromatic carbocycles. The second-order valence-electron chi connectivity index (χ2n) is 7.87. The smallest absolute Gasteiger partial charge is 0.243 e. The number of fused-ring (bicyclic) bond motifs is 1. The zero-order valence-corrected chi connectivity index (χ0v) is 17.4. The Balaban J connectivity index is 1.55. The van der Waals surface area contributed by atoms with Crippen molar-refractivity contribution in [1.82, 2.24) is 18.8 Å². The maximum Gasteiger partial charge on any atom is 0.243 e. The van der Waals surface area contributed by atoms with E-state index < -0.39 is 10.0 Å². The van der Waals surface area contributed by atoms with Crippen LogP contribution in [0.25, 0.3) is 11.2 Å². The monoisotopic (exact) mass is 398 g/mol. The van der Waals surface area contributed by atoms with Crippen molar-refractivity contribution in [2.24, 2.45) is 5.92 Å². The second-order valence-corrected chi connectivity index (χ2v) is 9.81. The first-order valence-corrected chi connectivity index (χ1v) is 11.2. The molecule has 0 bridgehead atoms. The molecule has 0 saturated carbocycles. The third-order valence-electron chi connectivity index (χ3n) is 5.42. The minimum absolute atomic E-state index is 0.253. The summed E-state index contributed by atoms with van der Waals surface area (Å²) in [7, 11) is -3.44. The van der Waals surface area contributed by atoms with E-state index in [9.17, 15) is 8.42 Å². The molecule has 0 aliphatic carbocycles. The lowest BCUT2D eigenvalue weighted by Crippen LogP contribution is -2.29. The predicted octanol–water partition coefficient (Wildman–Crippen LogP) is 3.57. The lowest BCUT2D eigenvalue weighted by atomic mass is 10.0. The van der Waals surface area contributed by atoms with Crippen LogP contribution < -0.4 is 0 Å². The summed E-state index contributed by atoms with van der Waals surface area (Å²) in [6.45, 7) is 7.30. The van der Waals surface area contributed by atoms with Crippen molar-refractivity contribution in [1.29, 1.82) is 0 Å². The Morgan fingerprint density at radius 1 is 1.18 bits per heavy atom. The van der Waals surface area contributed by atoms with Crippen LogP contribution in [0.2, 0.25) is 0 Å². The van der Waals surface area contributed by atoms with Crippen molar-refractivity contribution >= 4 is 21.2 Å². The summed E-state index contributed by atoms with van der Waals surface area (Å²) >= 11 is 0. The average Bonchev–Trinajstić information content (AvgIpc) is 3.27. The number of sulfonamides is 1. The summed E-state index contributed by atoms with van der Waals surface area (Å²) in [5.74, 6) is 1.25. The molecule has 28 heavy (non-hydrogen) atoms. The Morgan fingerprint density at radius 3 is 2.64 bits per heavy atom. The predicted molar refractivity (Wildman–Crippen MR) is 110 cm³/mol. The first-order valence-electron chi connectivity index (χ1n) is 9.75. The zero-order chi connectivity index (χ0) is 19.9. The van der Waals surface area contributed by atoms with Gasteiger partial charge in [0.1, 0.15) is 11.3 Å². The van der Waals surface area contributed by atoms with E-state index in [1.807, 2.05) is 31.2 Å². The minimum atomic E-state index is -3.44. The van der Waals surface area contributed by atoms with Crippen LogP contribution in [0.15, 0.2) is 47.5 Å². The molecule has 0 amide bonds. The molecule has 3 heterocycles. The van der Waals surface area contributed by atoms with Crippen LogP contribution in [-0.4, -0.2) is 40.3 Å². The summed E-state index contributed by atoms with van der Waals surface area (Å²) in [6.07, 6.45) is 3.40. The summed E-state index contributed by atoms with van der Waals surface area (Å²) in [4.78, 5) is 9.65. The van der Waals surface area contributed by atoms with E-state index >= 15 is 0 Å². The number of benzene rings is 1. The van der Waals surface area contributed by atoms with Gasteiger partial charge in [-0.2, -0.15) is 4.31 Å². The Morgan fingerprint density at radius 2 is 1.93 bits per heavy atom. The largest absolute Gasteiger partial charge is 0.310 e. The lowest BCUT2D eigenvalue weighted by Gasteiger charge is -2.18. The van der Waals surface area contributed by atoms with Crippen LogP contribution in [0, 0.1) is 12.8 Å². The van der Waals surface area contributed by atoms with Gasteiger partial charge in [-0.25, -0.2) is 18.4 Å². The fourth-order valence-corrected chi connectivity index (χ4v) is 5.49. The number of pyridine rings is 1. The Kier molecular flexibility index (Phi) is 4.97. The number of imidazole rings is 1. The van der Waals surface area contributed by atoms with Gasteiger partial charge < -0.3 is 4.57 Å². The standard InChI is InChI=1S/C21H26N4O2S/c1-15(2)25-20(23-19-5-4-11-22-21(19)25)13-17-10-12-24(14-17)28(26,27)18-8-6-16(3)7-9-18/h4-9,11,15,17H,10,12-14H2,1-3H3/t17-/m0/s1. The molecule has 1 fully saturated rings. The number of hydrogen-bond acceptors (Lipinski definition) is 4. The molecule has 1 atom stereocenters. The van der Waals surface area contributed by atoms with Gasteiger partial charge in [-0.3, -0.25) is 0 Å². The van der Waals surface area contributed by atoms with Gasteiger partial charge in [0.15, 0.2) is 5.65 Å². The molecule has 1 saturated heterocycles. The van der Waals surface area contributed by atoms with E-state index in [4.69, 9.17) is 4.98 Å². The van der Waals surface area contributed by atoms with Crippen molar-refractivity contribution in [3.05, 3.63) is 54.0 Å². The molecule has 4 rings (SSSR count). The molecule has 1 aliphatic rings. The highest BCUT2D eigenvalue weighted by Gasteiger charge is 2.33. The molecule has 0 radical (unpaired) electrons. The SMILES string of the molecule is Cc1ccc(S(=O)(=O)N2CC[C@@H](Cc3nc4cccnc4n3C(C)C)C2)cc1. The fraction of sp³-hybridized carbons (Fsp3) is 0.429. The number of aryl methyl sites for hydroxylation is 1. The van der Waals surface area contributed by atoms with E-state index in [0.717, 1.165) is 35.4 Å². The Bertz CT molecular complexity index is 1090. The van der Waals surface area contributed by atoms with Crippen molar-refractivity contribution in [3.63, 3.8) is 0 Å². The van der Waals surface area contributed by atoms with E-state index in [0.29, 0.717) is 18.0 Å². The number of aromatic nitrogens is 3. The molecule has 1 aliphatic heterocycles. The lowest BCUT2D eigenvalue weighted by molar-refractivity contribution is 0.447. The summed E-state index contributed by atoms with van der Waals surface area (Å²) < 4.78 is 29.7. The van der Waals surface area contributed by atoms with E-state index in [1.54, 1.807) is 22.6 Å². The van der Waals surface area contributed by atoms with Crippen LogP contribution in [0.1, 0.15) is 37.7 Å². The van der Waals surface area contributed by atoms with Crippen LogP contribution in [-0.2, 0) is 16.4 Å². The van der Waals surface area contributed by atoms with E-state index in [2.05, 4.69) is 23.4 Å². The molecule has 3 aromatic rings. The van der Waals surface area contributed by atoms with Gasteiger partial charge in [0.2, 0.25) is 10.0 Å². The fourth-order valence-electron chi connectivity index (χ4n) is 3.96. The van der Waals surface area contributed by atoms with Crippen molar-refractivity contribution < 1.29 is 8.42 Å². The summed E-state index contributed by atoms with van der Waals surface area (Å²) in [5.41, 5.74) is 2.85. The summed E-state index contributed by atoms with van der Waals surface area (Å²) in [6, 6.07) is 11.2. The van der Waals surface area contributed by atoms with Crippen molar-refractivity contribution in [2.75, 3.05) is 13.1 Å². The van der Waals surface area contributed by atoms with Gasteiger partial charge in [-0.15, -0.1) is 0 Å². The number of hydrogen-bond donors (Lipinski definition) is 0. The first-order chi connectivity index (χ1) is 13.4. The van der Waals surface area contributed by atoms with Gasteiger partial charge in [0.05, 0.1) is 4.90 Å². The van der Waals surface area contributed by atoms with Gasteiger partial charge in [0.25, 0.3) is 0 Å². The molecule has 0 unspecified atom stereocenters. The van der Waals surface area contributed by atoms with Gasteiger partial charge in [-0.05, 0) is 57.4 Å². The molecular formula is C21H26N4O2S. The summed E-state index contributed by atoms with van der Waals surface area (Å²) in [5, 5.41) is 0. The van der Waals surface area contributed by atoms with Crippen LogP contribution in [0.4, 0.5) is 0 Å². The molecule has 0 spiro atoms. The normalized spacial score (nSPS) is 18.4. The van der Waals surface area contributed by atoms with Crippen molar-refractivity contribution in [3.8, 4) is 0 Å². The van der Waals surface area contributed by atoms with Crippen LogP contribution in [0.5, 0.6) is 0 Å². The van der Waals surface area contributed by atoms with Gasteiger partial charge in [0, 0.05) is 31.7 Å². The van der Waals surface area contributed by atoms with Gasteiger partial charge in [-0.1, -0.05) is 17.7 Å². The minimum Gasteiger partial charge on any atom is -0.310 e. The molecule has 0 N–H and O–H groups in total. The number of rotatable bonds is 5. The second kappa shape index (κ2) is 7.29. The maximum absolute atomic E-state index is 13.0. The molecule has 2 aromatic heterocycles. The van der Waals surface area contributed by atoms with Crippen molar-refractivity contribution in [2.45, 2.75) is 44.6 Å². The molecule has 148 valence electrons. The molecule has 7 heteroatoms. The quantitative estimate of drug-likeness (QED) is 0.659. The third-order valence-corrected chi connectivity index (χ3v) is 7.30. The maximum atomic E-state index is 13.0. The number of nitrogens with zero attached hydrogens (tertiary/aromatic N) is 4. The highest BCUT2D eigenvalue weighted by atomic mass is 32.2. The van der Waals surface area contributed by atoms with E-state index in [-0.39, 0.29) is 12.0 Å². The Labute approximate surface area is 166 Å². The third kappa shape index (κ3) is 3.44. The molecular weight excluding hydrogens is 372 g/mol. The highest BCUT2D eigenvalue weighted by molar-refractivity contribution is 7.89.